The van der Waals surface area contributed by atoms with Crippen molar-refractivity contribution in [1.29, 1.82) is 5.26 Å². The van der Waals surface area contributed by atoms with Crippen LogP contribution in [-0.4, -0.2) is 4.98 Å². The van der Waals surface area contributed by atoms with Gasteiger partial charge >= 0.3 is 0 Å². The molecule has 1 rings (SSSR count). The molecule has 1 aromatic rings. The van der Waals surface area contributed by atoms with E-state index in [1.54, 1.807) is 6.07 Å². The van der Waals surface area contributed by atoms with Gasteiger partial charge in [-0.2, -0.15) is 5.26 Å². The molecule has 0 atom stereocenters. The topological polar surface area (TPSA) is 36.7 Å². The molecule has 1 heterocycles. The van der Waals surface area contributed by atoms with Crippen LogP contribution in [0.2, 0.25) is 0 Å². The van der Waals surface area contributed by atoms with Gasteiger partial charge in [0.1, 0.15) is 5.69 Å². The molecule has 0 unspecified atom stereocenters. The zero-order valence-corrected chi connectivity index (χ0v) is 11.2. The molecule has 0 aliphatic carbocycles. The molecule has 1 aromatic heterocycles. The van der Waals surface area contributed by atoms with Crippen LogP contribution in [0.4, 0.5) is 8.78 Å². The van der Waals surface area contributed by atoms with Crippen molar-refractivity contribution in [2.45, 2.75) is 18.2 Å². The summed E-state index contributed by atoms with van der Waals surface area (Å²) in [5, 5.41) is 8.97. The van der Waals surface area contributed by atoms with Gasteiger partial charge < -0.3 is 0 Å². The third-order valence-corrected chi connectivity index (χ3v) is 3.29. The molecule has 15 heavy (non-hydrogen) atoms. The van der Waals surface area contributed by atoms with Crippen LogP contribution >= 0.6 is 38.5 Å². The van der Waals surface area contributed by atoms with Gasteiger partial charge in [0.15, 0.2) is 0 Å². The van der Waals surface area contributed by atoms with E-state index in [0.29, 0.717) is 20.2 Å². The second kappa shape index (κ2) is 5.70. The lowest BCUT2D eigenvalue weighted by Crippen LogP contribution is -2.03. The molecule has 0 amide bonds. The van der Waals surface area contributed by atoms with E-state index in [9.17, 15) is 8.78 Å². The van der Waals surface area contributed by atoms with Crippen LogP contribution in [-0.2, 0) is 11.8 Å². The van der Waals surface area contributed by atoms with Crippen LogP contribution in [0.25, 0.3) is 0 Å². The summed E-state index contributed by atoms with van der Waals surface area (Å²) in [4.78, 5) is 3.82. The lowest BCUT2D eigenvalue weighted by molar-refractivity contribution is 0.144. The summed E-state index contributed by atoms with van der Waals surface area (Å²) in [7, 11) is 0. The standard InChI is InChI=1S/C9H6BrF2IN2/c10-4-5-3-7(13)6(1-2-14)8(15-5)9(11)12/h3,9H,1,4H2. The molecule has 0 aliphatic rings. The van der Waals surface area contributed by atoms with Crippen molar-refractivity contribution < 1.29 is 8.78 Å². The Kier molecular flexibility index (Phi) is 4.86. The summed E-state index contributed by atoms with van der Waals surface area (Å²) in [5.74, 6) is 0. The molecule has 0 radical (unpaired) electrons. The van der Waals surface area contributed by atoms with E-state index < -0.39 is 6.43 Å². The molecular formula is C9H6BrF2IN2. The van der Waals surface area contributed by atoms with E-state index in [-0.39, 0.29) is 12.1 Å². The monoisotopic (exact) mass is 386 g/mol. The van der Waals surface area contributed by atoms with Crippen LogP contribution in [0.3, 0.4) is 0 Å². The Labute approximate surface area is 108 Å². The maximum Gasteiger partial charge on any atom is 0.280 e. The van der Waals surface area contributed by atoms with E-state index in [0.717, 1.165) is 0 Å². The Morgan fingerprint density at radius 2 is 2.27 bits per heavy atom. The van der Waals surface area contributed by atoms with Gasteiger partial charge in [-0.15, -0.1) is 0 Å². The lowest BCUT2D eigenvalue weighted by Gasteiger charge is -2.09. The van der Waals surface area contributed by atoms with Crippen LogP contribution in [0.5, 0.6) is 0 Å². The number of rotatable bonds is 3. The van der Waals surface area contributed by atoms with Crippen molar-refractivity contribution in [2.75, 3.05) is 0 Å². The maximum atomic E-state index is 12.7. The minimum atomic E-state index is -2.64. The first-order valence-corrected chi connectivity index (χ1v) is 6.19. The van der Waals surface area contributed by atoms with E-state index in [2.05, 4.69) is 20.9 Å². The predicted octanol–water partition coefficient (Wildman–Crippen LogP) is 3.58. The SMILES string of the molecule is N#CCc1c(I)cc(CBr)nc1C(F)F. The van der Waals surface area contributed by atoms with Crippen molar-refractivity contribution in [2.24, 2.45) is 0 Å². The smallest absolute Gasteiger partial charge is 0.251 e. The first kappa shape index (κ1) is 12.8. The second-order valence-corrected chi connectivity index (χ2v) is 4.45. The number of pyridine rings is 1. The van der Waals surface area contributed by atoms with Crippen molar-refractivity contribution in [1.82, 2.24) is 4.98 Å². The predicted molar refractivity (Wildman–Crippen MR) is 63.9 cm³/mol. The van der Waals surface area contributed by atoms with E-state index >= 15 is 0 Å². The minimum absolute atomic E-state index is 0.0342. The summed E-state index contributed by atoms with van der Waals surface area (Å²) in [5.41, 5.74) is 0.604. The Morgan fingerprint density at radius 3 is 2.73 bits per heavy atom. The third-order valence-electron chi connectivity index (χ3n) is 1.75. The highest BCUT2D eigenvalue weighted by Gasteiger charge is 2.18. The highest BCUT2D eigenvalue weighted by Crippen LogP contribution is 2.26. The summed E-state index contributed by atoms with van der Waals surface area (Å²) < 4.78 is 26.0. The fourth-order valence-electron chi connectivity index (χ4n) is 1.11. The normalized spacial score (nSPS) is 10.4. The third kappa shape index (κ3) is 3.08. The molecule has 0 bridgehead atoms. The zero-order chi connectivity index (χ0) is 11.4. The maximum absolute atomic E-state index is 12.7. The highest BCUT2D eigenvalue weighted by molar-refractivity contribution is 14.1. The van der Waals surface area contributed by atoms with Crippen LogP contribution in [0.15, 0.2) is 6.07 Å². The zero-order valence-electron chi connectivity index (χ0n) is 7.48. The molecule has 0 spiro atoms. The van der Waals surface area contributed by atoms with Gasteiger partial charge in [-0.1, -0.05) is 15.9 Å². The average Bonchev–Trinajstić information content (AvgIpc) is 2.20. The molecule has 0 aliphatic heterocycles. The summed E-state index contributed by atoms with van der Waals surface area (Å²) in [6.45, 7) is 0. The quantitative estimate of drug-likeness (QED) is 0.588. The van der Waals surface area contributed by atoms with E-state index in [1.165, 1.54) is 0 Å². The number of halogens is 4. The summed E-state index contributed by atoms with van der Waals surface area (Å²) in [6, 6.07) is 3.57. The van der Waals surface area contributed by atoms with Gasteiger partial charge in [0.05, 0.1) is 18.2 Å². The Morgan fingerprint density at radius 1 is 1.60 bits per heavy atom. The molecule has 0 fully saturated rings. The fourth-order valence-corrected chi connectivity index (χ4v) is 2.23. The second-order valence-electron chi connectivity index (χ2n) is 2.73. The Balaban J connectivity index is 3.30. The van der Waals surface area contributed by atoms with E-state index in [4.69, 9.17) is 5.26 Å². The largest absolute Gasteiger partial charge is 0.280 e. The van der Waals surface area contributed by atoms with Gasteiger partial charge in [-0.05, 0) is 28.7 Å². The molecule has 0 aromatic carbocycles. The fraction of sp³-hybridized carbons (Fsp3) is 0.333. The van der Waals surface area contributed by atoms with Crippen LogP contribution in [0, 0.1) is 14.9 Å². The number of alkyl halides is 3. The van der Waals surface area contributed by atoms with Crippen molar-refractivity contribution in [3.05, 3.63) is 26.6 Å². The number of nitrogens with zero attached hydrogens (tertiary/aromatic N) is 2. The number of aromatic nitrogens is 1. The van der Waals surface area contributed by atoms with Gasteiger partial charge in [0.25, 0.3) is 6.43 Å². The average molecular weight is 387 g/mol. The van der Waals surface area contributed by atoms with Gasteiger partial charge in [-0.25, -0.2) is 8.78 Å². The van der Waals surface area contributed by atoms with Gasteiger partial charge in [0.2, 0.25) is 0 Å². The van der Waals surface area contributed by atoms with Crippen molar-refractivity contribution >= 4 is 38.5 Å². The van der Waals surface area contributed by atoms with Crippen molar-refractivity contribution in [3.8, 4) is 6.07 Å². The Bertz CT molecular complexity index is 404. The molecule has 0 N–H and O–H groups in total. The molecule has 0 saturated heterocycles. The summed E-state index contributed by atoms with van der Waals surface area (Å²) >= 11 is 5.11. The van der Waals surface area contributed by atoms with Crippen LogP contribution in [0.1, 0.15) is 23.4 Å². The lowest BCUT2D eigenvalue weighted by atomic mass is 10.1. The van der Waals surface area contributed by atoms with Gasteiger partial charge in [-0.3, -0.25) is 4.98 Å². The van der Waals surface area contributed by atoms with E-state index in [1.807, 2.05) is 28.7 Å². The first-order chi connectivity index (χ1) is 7.10. The number of nitriles is 1. The number of hydrogen-bond donors (Lipinski definition) is 0. The molecule has 80 valence electrons. The van der Waals surface area contributed by atoms with Gasteiger partial charge in [0, 0.05) is 14.5 Å². The molecule has 6 heteroatoms. The highest BCUT2D eigenvalue weighted by atomic mass is 127. The van der Waals surface area contributed by atoms with Crippen molar-refractivity contribution in [3.63, 3.8) is 0 Å². The summed E-state index contributed by atoms with van der Waals surface area (Å²) in [6.07, 6.45) is -2.67. The Hall–Kier alpha value is -0.290. The molecular weight excluding hydrogens is 381 g/mol. The molecule has 0 saturated carbocycles. The first-order valence-electron chi connectivity index (χ1n) is 3.99. The minimum Gasteiger partial charge on any atom is -0.251 e. The molecule has 2 nitrogen and oxygen atoms in total. The van der Waals surface area contributed by atoms with Crippen LogP contribution < -0.4 is 0 Å². The number of hydrogen-bond acceptors (Lipinski definition) is 2.